The van der Waals surface area contributed by atoms with E-state index in [4.69, 9.17) is 14.2 Å². The molecule has 1 aliphatic carbocycles. The van der Waals surface area contributed by atoms with Crippen molar-refractivity contribution in [1.29, 1.82) is 0 Å². The lowest BCUT2D eigenvalue weighted by atomic mass is 9.79. The highest BCUT2D eigenvalue weighted by Gasteiger charge is 2.63. The normalized spacial score (nSPS) is 43.8. The molecule has 1 amide bonds. The molecule has 3 heterocycles. The van der Waals surface area contributed by atoms with Crippen molar-refractivity contribution in [2.24, 2.45) is 0 Å². The summed E-state index contributed by atoms with van der Waals surface area (Å²) in [6, 6.07) is -0.533. The van der Waals surface area contributed by atoms with Gasteiger partial charge in [-0.3, -0.25) is 4.79 Å². The van der Waals surface area contributed by atoms with Crippen LogP contribution >= 0.6 is 0 Å². The maximum atomic E-state index is 12.7. The van der Waals surface area contributed by atoms with E-state index in [0.29, 0.717) is 5.82 Å². The molecule has 1 saturated carbocycles. The zero-order valence-electron chi connectivity index (χ0n) is 18.2. The van der Waals surface area contributed by atoms with Gasteiger partial charge in [0.05, 0.1) is 36.8 Å². The summed E-state index contributed by atoms with van der Waals surface area (Å²) in [4.78, 5) is 20.7. The van der Waals surface area contributed by atoms with Gasteiger partial charge >= 0.3 is 0 Å². The summed E-state index contributed by atoms with van der Waals surface area (Å²) >= 11 is 0. The standard InChI is InChI=1S/C20H31N5O7/c1-9-7-10(25-12(26)8-11-23-5-4-6-24-11)20(29)19(30-9)31-18-16(28)13(21-2)15(27)14(22-3)17(18)32-20/h4-6,9-10,13-19,21-22,27-29H,7-8H2,1-3H3,(H,25,26)/t9-,10?,13-,14?,15?,16+,17?,18?,19?,20?/m1/s1. The molecule has 2 saturated heterocycles. The molecule has 0 bridgehead atoms. The van der Waals surface area contributed by atoms with Crippen molar-refractivity contribution in [3.05, 3.63) is 24.3 Å². The predicted octanol–water partition coefficient (Wildman–Crippen LogP) is -2.98. The summed E-state index contributed by atoms with van der Waals surface area (Å²) in [5.74, 6) is -2.07. The van der Waals surface area contributed by atoms with Crippen LogP contribution in [0.5, 0.6) is 0 Å². The zero-order valence-corrected chi connectivity index (χ0v) is 18.2. The number of amides is 1. The number of carbonyl (C=O) groups excluding carboxylic acids is 1. The molecule has 3 fully saturated rings. The second kappa shape index (κ2) is 9.23. The number of hydrogen-bond acceptors (Lipinski definition) is 11. The van der Waals surface area contributed by atoms with Gasteiger partial charge in [0.2, 0.25) is 18.0 Å². The van der Waals surface area contributed by atoms with Gasteiger partial charge in [-0.2, -0.15) is 0 Å². The van der Waals surface area contributed by atoms with Crippen LogP contribution in [-0.2, 0) is 25.4 Å². The summed E-state index contributed by atoms with van der Waals surface area (Å²) in [7, 11) is 3.28. The maximum Gasteiger partial charge on any atom is 0.239 e. The summed E-state index contributed by atoms with van der Waals surface area (Å²) < 4.78 is 17.9. The van der Waals surface area contributed by atoms with E-state index in [1.807, 2.05) is 0 Å². The molecule has 32 heavy (non-hydrogen) atoms. The van der Waals surface area contributed by atoms with Crippen LogP contribution in [0.1, 0.15) is 19.2 Å². The van der Waals surface area contributed by atoms with Crippen molar-refractivity contribution >= 4 is 5.91 Å². The van der Waals surface area contributed by atoms with Crippen molar-refractivity contribution in [3.8, 4) is 0 Å². The van der Waals surface area contributed by atoms with Crippen LogP contribution in [0, 0.1) is 0 Å². The minimum absolute atomic E-state index is 0.0688. The second-order valence-electron chi connectivity index (χ2n) is 8.52. The van der Waals surface area contributed by atoms with Crippen molar-refractivity contribution in [3.63, 3.8) is 0 Å². The number of aliphatic hydroxyl groups excluding tert-OH is 2. The summed E-state index contributed by atoms with van der Waals surface area (Å²) in [5.41, 5.74) is 0. The van der Waals surface area contributed by atoms with E-state index in [2.05, 4.69) is 25.9 Å². The van der Waals surface area contributed by atoms with Gasteiger partial charge in [0, 0.05) is 12.4 Å². The summed E-state index contributed by atoms with van der Waals surface area (Å²) in [5, 5.41) is 41.7. The Morgan fingerprint density at radius 1 is 1.12 bits per heavy atom. The maximum absolute atomic E-state index is 12.7. The van der Waals surface area contributed by atoms with Crippen molar-refractivity contribution in [2.45, 2.75) is 80.5 Å². The molecule has 3 aliphatic rings. The molecule has 1 aromatic rings. The lowest BCUT2D eigenvalue weighted by Gasteiger charge is -2.58. The number of ether oxygens (including phenoxy) is 3. The number of carbonyl (C=O) groups is 1. The first kappa shape index (κ1) is 23.4. The average molecular weight is 453 g/mol. The van der Waals surface area contributed by atoms with Crippen molar-refractivity contribution in [1.82, 2.24) is 25.9 Å². The van der Waals surface area contributed by atoms with Gasteiger partial charge in [-0.15, -0.1) is 0 Å². The van der Waals surface area contributed by atoms with Crippen LogP contribution in [-0.4, -0.2) is 106 Å². The molecule has 6 N–H and O–H groups in total. The van der Waals surface area contributed by atoms with Gasteiger partial charge in [0.1, 0.15) is 24.1 Å². The fraction of sp³-hybridized carbons (Fsp3) is 0.750. The first-order valence-corrected chi connectivity index (χ1v) is 10.8. The molecule has 0 radical (unpaired) electrons. The Labute approximate surface area is 185 Å². The molecule has 12 heteroatoms. The van der Waals surface area contributed by atoms with Crippen LogP contribution in [0.15, 0.2) is 18.5 Å². The van der Waals surface area contributed by atoms with E-state index in [1.54, 1.807) is 39.5 Å². The van der Waals surface area contributed by atoms with E-state index in [9.17, 15) is 20.1 Å². The lowest BCUT2D eigenvalue weighted by Crippen LogP contribution is -2.79. The average Bonchev–Trinajstić information content (AvgIpc) is 2.75. The highest BCUT2D eigenvalue weighted by molar-refractivity contribution is 5.78. The van der Waals surface area contributed by atoms with E-state index in [-0.39, 0.29) is 18.9 Å². The number of aromatic nitrogens is 2. The van der Waals surface area contributed by atoms with Gasteiger partial charge in [-0.25, -0.2) is 9.97 Å². The Hall–Kier alpha value is -1.77. The van der Waals surface area contributed by atoms with E-state index in [0.717, 1.165) is 0 Å². The Morgan fingerprint density at radius 2 is 1.81 bits per heavy atom. The highest BCUT2D eigenvalue weighted by atomic mass is 16.8. The minimum Gasteiger partial charge on any atom is -0.390 e. The van der Waals surface area contributed by atoms with Gasteiger partial charge in [0.15, 0.2) is 0 Å². The van der Waals surface area contributed by atoms with Crippen LogP contribution < -0.4 is 16.0 Å². The van der Waals surface area contributed by atoms with E-state index >= 15 is 0 Å². The number of rotatable bonds is 5. The number of nitrogens with one attached hydrogen (secondary N) is 3. The zero-order chi connectivity index (χ0) is 23.0. The molecule has 4 rings (SSSR count). The lowest BCUT2D eigenvalue weighted by molar-refractivity contribution is -0.449. The van der Waals surface area contributed by atoms with E-state index < -0.39 is 60.5 Å². The Kier molecular flexibility index (Phi) is 6.75. The van der Waals surface area contributed by atoms with Crippen LogP contribution in [0.25, 0.3) is 0 Å². The van der Waals surface area contributed by atoms with Gasteiger partial charge < -0.3 is 45.5 Å². The topological polar surface area (TPSA) is 167 Å². The van der Waals surface area contributed by atoms with Crippen LogP contribution in [0.4, 0.5) is 0 Å². The van der Waals surface area contributed by atoms with Gasteiger partial charge in [-0.1, -0.05) is 0 Å². The Bertz CT molecular complexity index is 804. The highest BCUT2D eigenvalue weighted by Crippen LogP contribution is 2.41. The third kappa shape index (κ3) is 4.13. The molecular weight excluding hydrogens is 422 g/mol. The summed E-state index contributed by atoms with van der Waals surface area (Å²) in [6.45, 7) is 1.79. The van der Waals surface area contributed by atoms with Crippen LogP contribution in [0.3, 0.4) is 0 Å². The van der Waals surface area contributed by atoms with Crippen LogP contribution in [0.2, 0.25) is 0 Å². The number of aliphatic hydroxyl groups is 3. The SMILES string of the molecule is CNC1C2OC3(O)C(NC(=O)Cc4ncccn4)C[C@@H](C)OC3OC2[C@@H](O)[C@H](NC)C1O. The molecular formula is C20H31N5O7. The third-order valence-electron chi connectivity index (χ3n) is 6.42. The van der Waals surface area contributed by atoms with Crippen molar-refractivity contribution in [2.75, 3.05) is 14.1 Å². The number of likely N-dealkylation sites (N-methyl/N-ethyl adjacent to an activating group) is 2. The summed E-state index contributed by atoms with van der Waals surface area (Å²) in [6.07, 6.45) is -2.22. The second-order valence-corrected chi connectivity index (χ2v) is 8.52. The molecule has 178 valence electrons. The fourth-order valence-corrected chi connectivity index (χ4v) is 4.83. The van der Waals surface area contributed by atoms with Gasteiger partial charge in [0.25, 0.3) is 0 Å². The molecule has 10 atom stereocenters. The van der Waals surface area contributed by atoms with E-state index in [1.165, 1.54) is 0 Å². The molecule has 12 nitrogen and oxygen atoms in total. The minimum atomic E-state index is -2.03. The Morgan fingerprint density at radius 3 is 2.47 bits per heavy atom. The first-order valence-electron chi connectivity index (χ1n) is 10.8. The molecule has 0 spiro atoms. The number of nitrogens with zero attached hydrogens (tertiary/aromatic N) is 2. The molecule has 0 aromatic carbocycles. The molecule has 2 aliphatic heterocycles. The molecule has 1 aromatic heterocycles. The largest absolute Gasteiger partial charge is 0.390 e. The first-order chi connectivity index (χ1) is 15.3. The Balaban J connectivity index is 1.56. The smallest absolute Gasteiger partial charge is 0.239 e. The van der Waals surface area contributed by atoms with Gasteiger partial charge in [-0.05, 0) is 33.5 Å². The third-order valence-corrected chi connectivity index (χ3v) is 6.42. The predicted molar refractivity (Wildman–Crippen MR) is 109 cm³/mol. The monoisotopic (exact) mass is 453 g/mol. The number of fused-ring (bicyclic) bond motifs is 2. The fourth-order valence-electron chi connectivity index (χ4n) is 4.83. The molecule has 7 unspecified atom stereocenters. The number of hydrogen-bond donors (Lipinski definition) is 6. The van der Waals surface area contributed by atoms with Crippen molar-refractivity contribution < 1.29 is 34.3 Å². The quantitative estimate of drug-likeness (QED) is 0.269.